The van der Waals surface area contributed by atoms with Gasteiger partial charge in [-0.15, -0.1) is 0 Å². The van der Waals surface area contributed by atoms with E-state index in [1.807, 2.05) is 40.6 Å². The van der Waals surface area contributed by atoms with Crippen molar-refractivity contribution in [1.82, 2.24) is 24.9 Å². The Kier molecular flexibility index (Phi) is 6.51. The van der Waals surface area contributed by atoms with Gasteiger partial charge in [-0.05, 0) is 20.5 Å². The van der Waals surface area contributed by atoms with Crippen molar-refractivity contribution in [2.24, 2.45) is 7.05 Å². The smallest absolute Gasteiger partial charge is 0.317 e. The van der Waals surface area contributed by atoms with E-state index >= 15 is 0 Å². The van der Waals surface area contributed by atoms with E-state index in [1.54, 1.807) is 9.58 Å². The molecule has 1 atom stereocenters. The van der Waals surface area contributed by atoms with Gasteiger partial charge in [-0.25, -0.2) is 4.79 Å². The van der Waals surface area contributed by atoms with Crippen LogP contribution in [0.2, 0.25) is 0 Å². The Morgan fingerprint density at radius 2 is 2.15 bits per heavy atom. The first-order valence-electron chi connectivity index (χ1n) is 7.09. The molecule has 1 aromatic heterocycles. The van der Waals surface area contributed by atoms with Crippen LogP contribution in [0, 0.1) is 0 Å². The third-order valence-electron chi connectivity index (χ3n) is 3.37. The van der Waals surface area contributed by atoms with Gasteiger partial charge in [-0.3, -0.25) is 4.68 Å². The average Bonchev–Trinajstić information content (AvgIpc) is 2.81. The second kappa shape index (κ2) is 7.89. The van der Waals surface area contributed by atoms with Crippen molar-refractivity contribution in [3.63, 3.8) is 0 Å². The lowest BCUT2D eigenvalue weighted by atomic mass is 10.1. The van der Waals surface area contributed by atoms with Crippen molar-refractivity contribution in [3.05, 3.63) is 18.0 Å². The number of nitrogens with zero attached hydrogens (tertiary/aromatic N) is 4. The molecular weight excluding hydrogens is 254 g/mol. The molecule has 0 aromatic carbocycles. The van der Waals surface area contributed by atoms with Gasteiger partial charge in [0.15, 0.2) is 0 Å². The van der Waals surface area contributed by atoms with Gasteiger partial charge in [0, 0.05) is 38.9 Å². The molecule has 0 saturated heterocycles. The molecule has 0 aliphatic rings. The van der Waals surface area contributed by atoms with Crippen LogP contribution in [0.15, 0.2) is 12.4 Å². The van der Waals surface area contributed by atoms with Crippen LogP contribution >= 0.6 is 0 Å². The van der Waals surface area contributed by atoms with Crippen LogP contribution in [0.25, 0.3) is 0 Å². The maximum absolute atomic E-state index is 12.0. The van der Waals surface area contributed by atoms with Crippen LogP contribution in [0.1, 0.15) is 31.4 Å². The van der Waals surface area contributed by atoms with Crippen molar-refractivity contribution in [2.75, 3.05) is 34.2 Å². The van der Waals surface area contributed by atoms with E-state index in [0.717, 1.165) is 24.9 Å². The fourth-order valence-electron chi connectivity index (χ4n) is 2.03. The maximum atomic E-state index is 12.0. The first-order chi connectivity index (χ1) is 9.45. The second-order valence-corrected chi connectivity index (χ2v) is 5.39. The summed E-state index contributed by atoms with van der Waals surface area (Å²) >= 11 is 0. The molecule has 0 bridgehead atoms. The van der Waals surface area contributed by atoms with E-state index in [2.05, 4.69) is 22.2 Å². The number of nitrogens with one attached hydrogen (secondary N) is 1. The fraction of sp³-hybridized carbons (Fsp3) is 0.714. The maximum Gasteiger partial charge on any atom is 0.317 e. The minimum Gasteiger partial charge on any atom is -0.336 e. The fourth-order valence-corrected chi connectivity index (χ4v) is 2.03. The minimum atomic E-state index is -0.0193. The number of aromatic nitrogens is 2. The minimum absolute atomic E-state index is 0.0193. The molecule has 0 unspecified atom stereocenters. The van der Waals surface area contributed by atoms with Crippen LogP contribution in [-0.4, -0.2) is 59.8 Å². The Morgan fingerprint density at radius 3 is 2.65 bits per heavy atom. The molecule has 20 heavy (non-hydrogen) atoms. The van der Waals surface area contributed by atoms with Gasteiger partial charge in [0.1, 0.15) is 0 Å². The van der Waals surface area contributed by atoms with Crippen LogP contribution in [0.4, 0.5) is 4.79 Å². The summed E-state index contributed by atoms with van der Waals surface area (Å²) in [4.78, 5) is 15.8. The predicted octanol–water partition coefficient (Wildman–Crippen LogP) is 1.46. The number of aryl methyl sites for hydroxylation is 1. The first kappa shape index (κ1) is 16.5. The number of urea groups is 1. The van der Waals surface area contributed by atoms with Crippen molar-refractivity contribution in [1.29, 1.82) is 0 Å². The van der Waals surface area contributed by atoms with Gasteiger partial charge in [0.05, 0.1) is 12.2 Å². The van der Waals surface area contributed by atoms with Crippen molar-refractivity contribution >= 4 is 6.03 Å². The van der Waals surface area contributed by atoms with E-state index in [-0.39, 0.29) is 12.1 Å². The van der Waals surface area contributed by atoms with Crippen LogP contribution in [0.5, 0.6) is 0 Å². The number of hydrogen-bond donors (Lipinski definition) is 1. The summed E-state index contributed by atoms with van der Waals surface area (Å²) in [6.07, 6.45) is 5.95. The van der Waals surface area contributed by atoms with Crippen LogP contribution in [0.3, 0.4) is 0 Å². The number of likely N-dealkylation sites (N-methyl/N-ethyl adjacent to an activating group) is 1. The monoisotopic (exact) mass is 281 g/mol. The molecular formula is C14H27N5O. The lowest BCUT2D eigenvalue weighted by molar-refractivity contribution is 0.202. The summed E-state index contributed by atoms with van der Waals surface area (Å²) in [5.41, 5.74) is 1.11. The molecule has 1 heterocycles. The Balaban J connectivity index is 2.53. The summed E-state index contributed by atoms with van der Waals surface area (Å²) in [6, 6.07) is 0.112. The zero-order chi connectivity index (χ0) is 15.1. The van der Waals surface area contributed by atoms with Crippen molar-refractivity contribution in [2.45, 2.75) is 25.8 Å². The molecule has 1 N–H and O–H groups in total. The lowest BCUT2D eigenvalue weighted by Crippen LogP contribution is -2.41. The number of hydrogen-bond acceptors (Lipinski definition) is 3. The molecule has 0 radical (unpaired) electrons. The third kappa shape index (κ3) is 4.85. The number of unbranched alkanes of at least 4 members (excludes halogenated alkanes) is 1. The second-order valence-electron chi connectivity index (χ2n) is 5.39. The molecule has 1 aromatic rings. The average molecular weight is 281 g/mol. The summed E-state index contributed by atoms with van der Waals surface area (Å²) in [5.74, 6) is 0. The Morgan fingerprint density at radius 1 is 1.45 bits per heavy atom. The molecule has 6 nitrogen and oxygen atoms in total. The zero-order valence-electron chi connectivity index (χ0n) is 13.3. The van der Waals surface area contributed by atoms with Gasteiger partial charge < -0.3 is 15.1 Å². The van der Waals surface area contributed by atoms with Gasteiger partial charge in [-0.1, -0.05) is 13.3 Å². The summed E-state index contributed by atoms with van der Waals surface area (Å²) in [7, 11) is 7.74. The molecule has 0 aliphatic heterocycles. The molecule has 0 spiro atoms. The Bertz CT molecular complexity index is 415. The molecule has 1 rings (SSSR count). The van der Waals surface area contributed by atoms with Gasteiger partial charge >= 0.3 is 6.03 Å². The van der Waals surface area contributed by atoms with E-state index < -0.39 is 0 Å². The molecule has 2 amide bonds. The number of rotatable bonds is 7. The SMILES string of the molecule is CCCCN(C)C(=O)NC[C@H](c1cnn(C)c1)N(C)C. The highest BCUT2D eigenvalue weighted by Crippen LogP contribution is 2.16. The van der Waals surface area contributed by atoms with E-state index in [9.17, 15) is 4.79 Å². The van der Waals surface area contributed by atoms with E-state index in [4.69, 9.17) is 0 Å². The quantitative estimate of drug-likeness (QED) is 0.823. The lowest BCUT2D eigenvalue weighted by Gasteiger charge is -2.25. The van der Waals surface area contributed by atoms with Gasteiger partial charge in [0.2, 0.25) is 0 Å². The van der Waals surface area contributed by atoms with Crippen LogP contribution in [-0.2, 0) is 7.05 Å². The van der Waals surface area contributed by atoms with Crippen molar-refractivity contribution < 1.29 is 4.79 Å². The van der Waals surface area contributed by atoms with Gasteiger partial charge in [-0.2, -0.15) is 5.10 Å². The predicted molar refractivity (Wildman–Crippen MR) is 80.6 cm³/mol. The zero-order valence-corrected chi connectivity index (χ0v) is 13.3. The summed E-state index contributed by atoms with van der Waals surface area (Å²) < 4.78 is 1.78. The van der Waals surface area contributed by atoms with E-state index in [0.29, 0.717) is 6.54 Å². The summed E-state index contributed by atoms with van der Waals surface area (Å²) in [5, 5.41) is 7.18. The Hall–Kier alpha value is -1.56. The Labute approximate surface area is 121 Å². The highest BCUT2D eigenvalue weighted by molar-refractivity contribution is 5.73. The van der Waals surface area contributed by atoms with Crippen LogP contribution < -0.4 is 5.32 Å². The normalized spacial score (nSPS) is 12.5. The van der Waals surface area contributed by atoms with Crippen molar-refractivity contribution in [3.8, 4) is 0 Å². The van der Waals surface area contributed by atoms with Gasteiger partial charge in [0.25, 0.3) is 0 Å². The molecule has 0 fully saturated rings. The topological polar surface area (TPSA) is 53.4 Å². The standard InChI is InChI=1S/C14H27N5O/c1-6-7-8-18(4)14(20)15-10-13(17(2)3)12-9-16-19(5)11-12/h9,11,13H,6-8,10H2,1-5H3,(H,15,20)/t13-/m1/s1. The molecule has 6 heteroatoms. The highest BCUT2D eigenvalue weighted by atomic mass is 16.2. The third-order valence-corrected chi connectivity index (χ3v) is 3.37. The molecule has 114 valence electrons. The largest absolute Gasteiger partial charge is 0.336 e. The van der Waals surface area contributed by atoms with E-state index in [1.165, 1.54) is 0 Å². The highest BCUT2D eigenvalue weighted by Gasteiger charge is 2.17. The molecule has 0 aliphatic carbocycles. The molecule has 0 saturated carbocycles. The first-order valence-corrected chi connectivity index (χ1v) is 7.09. The number of carbonyl (C=O) groups excluding carboxylic acids is 1. The number of carbonyl (C=O) groups is 1. The number of amides is 2. The summed E-state index contributed by atoms with van der Waals surface area (Å²) in [6.45, 7) is 3.49.